The summed E-state index contributed by atoms with van der Waals surface area (Å²) in [5, 5.41) is 16.2. The van der Waals surface area contributed by atoms with E-state index in [9.17, 15) is 19.7 Å². The van der Waals surface area contributed by atoms with E-state index < -0.39 is 23.4 Å². The van der Waals surface area contributed by atoms with Gasteiger partial charge in [-0.15, -0.1) is 0 Å². The summed E-state index contributed by atoms with van der Waals surface area (Å²) in [5.74, 6) is -1.20. The molecule has 8 nitrogen and oxygen atoms in total. The number of ether oxygens (including phenoxy) is 1. The van der Waals surface area contributed by atoms with E-state index in [-0.39, 0.29) is 23.0 Å². The van der Waals surface area contributed by atoms with Gasteiger partial charge in [0.2, 0.25) is 0 Å². The molecule has 0 aromatic heterocycles. The summed E-state index contributed by atoms with van der Waals surface area (Å²) < 4.78 is 4.85. The number of esters is 1. The first kappa shape index (κ1) is 17.4. The monoisotopic (exact) mass is 309 g/mol. The number of rotatable bonds is 7. The average Bonchev–Trinajstić information content (AvgIpc) is 2.51. The van der Waals surface area contributed by atoms with E-state index in [0.717, 1.165) is 12.5 Å². The van der Waals surface area contributed by atoms with Crippen molar-refractivity contribution < 1.29 is 19.2 Å². The number of benzene rings is 1. The highest BCUT2D eigenvalue weighted by atomic mass is 16.6. The van der Waals surface area contributed by atoms with Crippen LogP contribution in [-0.4, -0.2) is 36.5 Å². The largest absolute Gasteiger partial charge is 0.452 e. The molecule has 1 rings (SSSR count). The minimum Gasteiger partial charge on any atom is -0.452 e. The van der Waals surface area contributed by atoms with Crippen molar-refractivity contribution in [2.24, 2.45) is 0 Å². The van der Waals surface area contributed by atoms with Gasteiger partial charge in [0.25, 0.3) is 11.6 Å². The predicted octanol–water partition coefficient (Wildman–Crippen LogP) is 1.71. The maximum atomic E-state index is 11.8. The molecule has 1 aromatic rings. The highest BCUT2D eigenvalue weighted by molar-refractivity contribution is 5.93. The number of carbonyl (C=O) groups is 2. The Morgan fingerprint density at radius 2 is 2.09 bits per heavy atom. The van der Waals surface area contributed by atoms with Gasteiger partial charge < -0.3 is 15.4 Å². The van der Waals surface area contributed by atoms with Crippen LogP contribution in [0.2, 0.25) is 0 Å². The second-order valence-corrected chi connectivity index (χ2v) is 4.69. The van der Waals surface area contributed by atoms with E-state index in [0.29, 0.717) is 0 Å². The molecule has 1 amide bonds. The Kier molecular flexibility index (Phi) is 6.30. The molecule has 0 fully saturated rings. The molecular formula is C14H19N3O5. The summed E-state index contributed by atoms with van der Waals surface area (Å²) >= 11 is 0. The molecule has 0 saturated heterocycles. The van der Waals surface area contributed by atoms with Crippen molar-refractivity contribution >= 4 is 23.3 Å². The Bertz CT molecular complexity index is 574. The summed E-state index contributed by atoms with van der Waals surface area (Å²) in [6.45, 7) is 3.32. The Morgan fingerprint density at radius 1 is 1.41 bits per heavy atom. The molecule has 0 bridgehead atoms. The zero-order valence-electron chi connectivity index (χ0n) is 12.7. The third kappa shape index (κ3) is 4.72. The maximum Gasteiger partial charge on any atom is 0.338 e. The van der Waals surface area contributed by atoms with Gasteiger partial charge in [0.1, 0.15) is 5.69 Å². The normalized spacial score (nSPS) is 11.4. The fraction of sp³-hybridized carbons (Fsp3) is 0.429. The first-order chi connectivity index (χ1) is 10.4. The number of nitrogens with one attached hydrogen (secondary N) is 2. The first-order valence-electron chi connectivity index (χ1n) is 6.81. The zero-order valence-corrected chi connectivity index (χ0v) is 12.7. The van der Waals surface area contributed by atoms with Gasteiger partial charge in [-0.1, -0.05) is 6.92 Å². The number of hydrogen-bond donors (Lipinski definition) is 2. The number of hydrogen-bond acceptors (Lipinski definition) is 6. The molecule has 2 N–H and O–H groups in total. The quantitative estimate of drug-likeness (QED) is 0.450. The molecule has 120 valence electrons. The topological polar surface area (TPSA) is 111 Å². The third-order valence-corrected chi connectivity index (χ3v) is 3.05. The SMILES string of the molecule is CC[C@@H](C)NC(=O)COC(=O)c1ccc(NC)c([N+](=O)[O-])c1. The number of amides is 1. The minimum atomic E-state index is -0.787. The van der Waals surface area contributed by atoms with Crippen LogP contribution in [0.25, 0.3) is 0 Å². The van der Waals surface area contributed by atoms with Gasteiger partial charge in [-0.25, -0.2) is 4.79 Å². The zero-order chi connectivity index (χ0) is 16.7. The third-order valence-electron chi connectivity index (χ3n) is 3.05. The van der Waals surface area contributed by atoms with Crippen molar-refractivity contribution in [3.63, 3.8) is 0 Å². The molecule has 0 heterocycles. The number of nitro groups is 1. The van der Waals surface area contributed by atoms with Gasteiger partial charge >= 0.3 is 5.97 Å². The lowest BCUT2D eigenvalue weighted by Gasteiger charge is -2.11. The minimum absolute atomic E-state index is 0.0119. The number of nitrogens with zero attached hydrogens (tertiary/aromatic N) is 1. The molecule has 0 radical (unpaired) electrons. The van der Waals surface area contributed by atoms with Crippen LogP contribution in [0.3, 0.4) is 0 Å². The molecular weight excluding hydrogens is 290 g/mol. The second kappa shape index (κ2) is 7.96. The molecule has 0 spiro atoms. The van der Waals surface area contributed by atoms with Crippen LogP contribution in [-0.2, 0) is 9.53 Å². The van der Waals surface area contributed by atoms with Crippen molar-refractivity contribution in [3.05, 3.63) is 33.9 Å². The summed E-state index contributed by atoms with van der Waals surface area (Å²) in [5.41, 5.74) is 0.0686. The number of carbonyl (C=O) groups excluding carboxylic acids is 2. The van der Waals surface area contributed by atoms with Crippen molar-refractivity contribution in [2.75, 3.05) is 19.0 Å². The van der Waals surface area contributed by atoms with E-state index in [1.807, 2.05) is 13.8 Å². The van der Waals surface area contributed by atoms with Gasteiger partial charge in [-0.3, -0.25) is 14.9 Å². The molecule has 0 saturated carbocycles. The van der Waals surface area contributed by atoms with Gasteiger partial charge in [0.05, 0.1) is 10.5 Å². The lowest BCUT2D eigenvalue weighted by molar-refractivity contribution is -0.384. The van der Waals surface area contributed by atoms with Crippen LogP contribution >= 0.6 is 0 Å². The van der Waals surface area contributed by atoms with Crippen LogP contribution < -0.4 is 10.6 Å². The van der Waals surface area contributed by atoms with E-state index in [1.165, 1.54) is 12.1 Å². The molecule has 0 aliphatic heterocycles. The van der Waals surface area contributed by atoms with Crippen molar-refractivity contribution in [3.8, 4) is 0 Å². The van der Waals surface area contributed by atoms with Crippen LogP contribution in [0.5, 0.6) is 0 Å². The van der Waals surface area contributed by atoms with Gasteiger partial charge in [0, 0.05) is 19.2 Å². The molecule has 1 atom stereocenters. The van der Waals surface area contributed by atoms with E-state index >= 15 is 0 Å². The van der Waals surface area contributed by atoms with E-state index in [2.05, 4.69) is 10.6 Å². The fourth-order valence-corrected chi connectivity index (χ4v) is 1.65. The van der Waals surface area contributed by atoms with Gasteiger partial charge in [-0.05, 0) is 25.5 Å². The Hall–Kier alpha value is -2.64. The standard InChI is InChI=1S/C14H19N3O5/c1-4-9(2)16-13(18)8-22-14(19)10-5-6-11(15-3)12(7-10)17(20)21/h5-7,9,15H,4,8H2,1-3H3,(H,16,18)/t9-/m1/s1. The summed E-state index contributed by atoms with van der Waals surface area (Å²) in [4.78, 5) is 33.7. The Balaban J connectivity index is 2.72. The predicted molar refractivity (Wildman–Crippen MR) is 80.8 cm³/mol. The van der Waals surface area contributed by atoms with Crippen LogP contribution in [0.1, 0.15) is 30.6 Å². The highest BCUT2D eigenvalue weighted by Crippen LogP contribution is 2.25. The van der Waals surface area contributed by atoms with E-state index in [4.69, 9.17) is 4.74 Å². The smallest absolute Gasteiger partial charge is 0.338 e. The van der Waals surface area contributed by atoms with Crippen molar-refractivity contribution in [1.29, 1.82) is 0 Å². The van der Waals surface area contributed by atoms with Gasteiger partial charge in [-0.2, -0.15) is 0 Å². The summed E-state index contributed by atoms with van der Waals surface area (Å²) in [6.07, 6.45) is 0.761. The molecule has 1 aromatic carbocycles. The fourth-order valence-electron chi connectivity index (χ4n) is 1.65. The van der Waals surface area contributed by atoms with Crippen molar-refractivity contribution in [2.45, 2.75) is 26.3 Å². The van der Waals surface area contributed by atoms with Gasteiger partial charge in [0.15, 0.2) is 6.61 Å². The molecule has 0 aliphatic rings. The molecule has 0 aliphatic carbocycles. The summed E-state index contributed by atoms with van der Waals surface area (Å²) in [6, 6.07) is 3.91. The molecule has 22 heavy (non-hydrogen) atoms. The molecule has 8 heteroatoms. The highest BCUT2D eigenvalue weighted by Gasteiger charge is 2.18. The first-order valence-corrected chi connectivity index (χ1v) is 6.81. The Labute approximate surface area is 128 Å². The second-order valence-electron chi connectivity index (χ2n) is 4.69. The number of anilines is 1. The average molecular weight is 309 g/mol. The molecule has 0 unspecified atom stereocenters. The summed E-state index contributed by atoms with van der Waals surface area (Å²) in [7, 11) is 1.54. The van der Waals surface area contributed by atoms with Crippen LogP contribution in [0.4, 0.5) is 11.4 Å². The van der Waals surface area contributed by atoms with E-state index in [1.54, 1.807) is 7.05 Å². The van der Waals surface area contributed by atoms with Crippen molar-refractivity contribution in [1.82, 2.24) is 5.32 Å². The van der Waals surface area contributed by atoms with Crippen LogP contribution in [0.15, 0.2) is 18.2 Å². The lowest BCUT2D eigenvalue weighted by Crippen LogP contribution is -2.35. The maximum absolute atomic E-state index is 11.8. The lowest BCUT2D eigenvalue weighted by atomic mass is 10.1. The number of nitro benzene ring substituents is 1. The Morgan fingerprint density at radius 3 is 2.64 bits per heavy atom. The van der Waals surface area contributed by atoms with Crippen LogP contribution in [0, 0.1) is 10.1 Å².